The molecule has 2 N–H and O–H groups in total. The van der Waals surface area contributed by atoms with E-state index in [2.05, 4.69) is 10.6 Å². The Morgan fingerprint density at radius 1 is 1.11 bits per heavy atom. The van der Waals surface area contributed by atoms with Crippen LogP contribution in [0, 0.1) is 11.3 Å². The second kappa shape index (κ2) is 9.05. The normalized spacial score (nSPS) is 14.7. The second-order valence-corrected chi connectivity index (χ2v) is 6.89. The highest BCUT2D eigenvalue weighted by Gasteiger charge is 2.21. The first kappa shape index (κ1) is 19.4. The number of rotatable bonds is 6. The van der Waals surface area contributed by atoms with Gasteiger partial charge in [0, 0.05) is 6.04 Å². The number of nitrogens with one attached hydrogen (secondary N) is 2. The molecule has 2 aromatic rings. The molecule has 3 rings (SSSR count). The Morgan fingerprint density at radius 2 is 1.79 bits per heavy atom. The van der Waals surface area contributed by atoms with E-state index < -0.39 is 6.10 Å². The first-order valence-electron chi connectivity index (χ1n) is 9.44. The fraction of sp³-hybridized carbons (Fsp3) is 0.318. The van der Waals surface area contributed by atoms with Crippen LogP contribution in [0.25, 0.3) is 0 Å². The zero-order chi connectivity index (χ0) is 19.9. The average Bonchev–Trinajstić information content (AvgIpc) is 3.22. The van der Waals surface area contributed by atoms with E-state index >= 15 is 0 Å². The lowest BCUT2D eigenvalue weighted by Crippen LogP contribution is -2.34. The van der Waals surface area contributed by atoms with Crippen molar-refractivity contribution in [2.24, 2.45) is 0 Å². The standard InChI is InChI=1S/C22H23N3O3/c1-15(28-18-12-10-16(14-23)11-13-18)21(26)25-20-9-5-4-8-19(20)22(27)24-17-6-2-3-7-17/h4-5,8-13,15,17H,2-3,6-7H2,1H3,(H,24,27)(H,25,26)/t15-/m0/s1. The van der Waals surface area contributed by atoms with Crippen LogP contribution in [0.5, 0.6) is 5.75 Å². The van der Waals surface area contributed by atoms with Gasteiger partial charge in [0.25, 0.3) is 11.8 Å². The molecule has 0 aromatic heterocycles. The Kier molecular flexibility index (Phi) is 6.28. The number of nitriles is 1. The lowest BCUT2D eigenvalue weighted by atomic mass is 10.1. The fourth-order valence-electron chi connectivity index (χ4n) is 3.22. The van der Waals surface area contributed by atoms with Crippen LogP contribution in [0.15, 0.2) is 48.5 Å². The summed E-state index contributed by atoms with van der Waals surface area (Å²) in [6.07, 6.45) is 3.49. The first-order valence-corrected chi connectivity index (χ1v) is 9.44. The molecule has 0 radical (unpaired) electrons. The van der Waals surface area contributed by atoms with E-state index in [0.29, 0.717) is 22.6 Å². The number of hydrogen-bond donors (Lipinski definition) is 2. The van der Waals surface area contributed by atoms with E-state index in [1.807, 2.05) is 6.07 Å². The summed E-state index contributed by atoms with van der Waals surface area (Å²) in [5.74, 6) is -0.0390. The summed E-state index contributed by atoms with van der Waals surface area (Å²) in [7, 11) is 0. The van der Waals surface area contributed by atoms with Crippen LogP contribution in [0.4, 0.5) is 5.69 Å². The number of benzene rings is 2. The molecule has 1 fully saturated rings. The largest absolute Gasteiger partial charge is 0.481 e. The molecule has 0 bridgehead atoms. The third-order valence-corrected chi connectivity index (χ3v) is 4.79. The SMILES string of the molecule is C[C@H](Oc1ccc(C#N)cc1)C(=O)Nc1ccccc1C(=O)NC1CCCC1. The summed E-state index contributed by atoms with van der Waals surface area (Å²) in [4.78, 5) is 25.1. The first-order chi connectivity index (χ1) is 13.6. The predicted molar refractivity (Wildman–Crippen MR) is 106 cm³/mol. The molecule has 1 aliphatic rings. The van der Waals surface area contributed by atoms with Gasteiger partial charge in [0.05, 0.1) is 22.9 Å². The molecule has 0 heterocycles. The van der Waals surface area contributed by atoms with Crippen LogP contribution < -0.4 is 15.4 Å². The van der Waals surface area contributed by atoms with Crippen molar-refractivity contribution < 1.29 is 14.3 Å². The highest BCUT2D eigenvalue weighted by Crippen LogP contribution is 2.21. The molecule has 144 valence electrons. The minimum atomic E-state index is -0.765. The molecule has 2 amide bonds. The van der Waals surface area contributed by atoms with Gasteiger partial charge >= 0.3 is 0 Å². The van der Waals surface area contributed by atoms with Gasteiger partial charge in [-0.25, -0.2) is 0 Å². The smallest absolute Gasteiger partial charge is 0.265 e. The summed E-state index contributed by atoms with van der Waals surface area (Å²) >= 11 is 0. The molecular weight excluding hydrogens is 354 g/mol. The van der Waals surface area contributed by atoms with Gasteiger partial charge in [0.2, 0.25) is 0 Å². The lowest BCUT2D eigenvalue weighted by molar-refractivity contribution is -0.122. The van der Waals surface area contributed by atoms with Gasteiger partial charge in [-0.05, 0) is 56.2 Å². The topological polar surface area (TPSA) is 91.2 Å². The Bertz CT molecular complexity index is 881. The zero-order valence-corrected chi connectivity index (χ0v) is 15.8. The van der Waals surface area contributed by atoms with Crippen molar-refractivity contribution in [2.75, 3.05) is 5.32 Å². The van der Waals surface area contributed by atoms with Crippen molar-refractivity contribution in [3.63, 3.8) is 0 Å². The Balaban J connectivity index is 1.64. The molecule has 6 nitrogen and oxygen atoms in total. The van der Waals surface area contributed by atoms with Crippen molar-refractivity contribution in [1.29, 1.82) is 5.26 Å². The minimum Gasteiger partial charge on any atom is -0.481 e. The van der Waals surface area contributed by atoms with Gasteiger partial charge < -0.3 is 15.4 Å². The average molecular weight is 377 g/mol. The van der Waals surface area contributed by atoms with Crippen LogP contribution in [0.2, 0.25) is 0 Å². The van der Waals surface area contributed by atoms with E-state index in [-0.39, 0.29) is 17.9 Å². The molecule has 0 spiro atoms. The quantitative estimate of drug-likeness (QED) is 0.804. The maximum atomic E-state index is 12.6. The molecule has 0 saturated heterocycles. The molecule has 6 heteroatoms. The van der Waals surface area contributed by atoms with Crippen molar-refractivity contribution in [2.45, 2.75) is 44.8 Å². The molecule has 1 atom stereocenters. The highest BCUT2D eigenvalue weighted by molar-refractivity contribution is 6.04. The number of hydrogen-bond acceptors (Lipinski definition) is 4. The van der Waals surface area contributed by atoms with Gasteiger partial charge in [-0.2, -0.15) is 5.26 Å². The van der Waals surface area contributed by atoms with Gasteiger partial charge in [0.15, 0.2) is 6.10 Å². The fourth-order valence-corrected chi connectivity index (χ4v) is 3.22. The van der Waals surface area contributed by atoms with Gasteiger partial charge in [-0.3, -0.25) is 9.59 Å². The summed E-state index contributed by atoms with van der Waals surface area (Å²) < 4.78 is 5.63. The Morgan fingerprint density at radius 3 is 2.46 bits per heavy atom. The number of nitrogens with zero attached hydrogens (tertiary/aromatic N) is 1. The van der Waals surface area contributed by atoms with Crippen molar-refractivity contribution in [1.82, 2.24) is 5.32 Å². The third kappa shape index (κ3) is 4.89. The number of carbonyl (C=O) groups is 2. The molecule has 1 saturated carbocycles. The van der Waals surface area contributed by atoms with Crippen LogP contribution in [-0.2, 0) is 4.79 Å². The van der Waals surface area contributed by atoms with E-state index in [1.165, 1.54) is 0 Å². The number of ether oxygens (including phenoxy) is 1. The maximum absolute atomic E-state index is 12.6. The molecule has 28 heavy (non-hydrogen) atoms. The van der Waals surface area contributed by atoms with Gasteiger partial charge in [-0.15, -0.1) is 0 Å². The summed E-state index contributed by atoms with van der Waals surface area (Å²) in [6, 6.07) is 15.7. The Hall–Kier alpha value is -3.33. The summed E-state index contributed by atoms with van der Waals surface area (Å²) in [6.45, 7) is 1.63. The van der Waals surface area contributed by atoms with E-state index in [1.54, 1.807) is 55.5 Å². The van der Waals surface area contributed by atoms with Crippen LogP contribution in [0.3, 0.4) is 0 Å². The van der Waals surface area contributed by atoms with Crippen LogP contribution in [0.1, 0.15) is 48.5 Å². The van der Waals surface area contributed by atoms with E-state index in [0.717, 1.165) is 25.7 Å². The molecule has 2 aromatic carbocycles. The van der Waals surface area contributed by atoms with Crippen LogP contribution >= 0.6 is 0 Å². The Labute approximate surface area is 164 Å². The van der Waals surface area contributed by atoms with Crippen LogP contribution in [-0.4, -0.2) is 24.0 Å². The van der Waals surface area contributed by atoms with E-state index in [4.69, 9.17) is 10.00 Å². The van der Waals surface area contributed by atoms with Gasteiger partial charge in [0.1, 0.15) is 5.75 Å². The molecule has 0 unspecified atom stereocenters. The van der Waals surface area contributed by atoms with Crippen molar-refractivity contribution in [3.05, 3.63) is 59.7 Å². The second-order valence-electron chi connectivity index (χ2n) is 6.89. The highest BCUT2D eigenvalue weighted by atomic mass is 16.5. The number of amides is 2. The minimum absolute atomic E-state index is 0.177. The van der Waals surface area contributed by atoms with Gasteiger partial charge in [-0.1, -0.05) is 25.0 Å². The summed E-state index contributed by atoms with van der Waals surface area (Å²) in [5, 5.41) is 14.7. The number of carbonyl (C=O) groups excluding carboxylic acids is 2. The number of anilines is 1. The lowest BCUT2D eigenvalue weighted by Gasteiger charge is -2.17. The predicted octanol–water partition coefficient (Wildman–Crippen LogP) is 3.64. The number of para-hydroxylation sites is 1. The molecular formula is C22H23N3O3. The molecule has 0 aliphatic heterocycles. The summed E-state index contributed by atoms with van der Waals surface area (Å²) in [5.41, 5.74) is 1.42. The monoisotopic (exact) mass is 377 g/mol. The maximum Gasteiger partial charge on any atom is 0.265 e. The zero-order valence-electron chi connectivity index (χ0n) is 15.8. The van der Waals surface area contributed by atoms with Crippen molar-refractivity contribution in [3.8, 4) is 11.8 Å². The van der Waals surface area contributed by atoms with Crippen molar-refractivity contribution >= 4 is 17.5 Å². The molecule has 1 aliphatic carbocycles. The van der Waals surface area contributed by atoms with E-state index in [9.17, 15) is 9.59 Å². The third-order valence-electron chi connectivity index (χ3n) is 4.79.